The van der Waals surface area contributed by atoms with Crippen LogP contribution in [0.15, 0.2) is 40.2 Å². The van der Waals surface area contributed by atoms with E-state index in [0.29, 0.717) is 17.2 Å². The molecule has 2 rings (SSSR count). The summed E-state index contributed by atoms with van der Waals surface area (Å²) in [6, 6.07) is 10.9. The topological polar surface area (TPSA) is 35.5 Å². The first kappa shape index (κ1) is 14.1. The molecule has 0 unspecified atom stereocenters. The lowest BCUT2D eigenvalue weighted by Gasteiger charge is -2.07. The van der Waals surface area contributed by atoms with Crippen LogP contribution >= 0.6 is 27.3 Å². The molecule has 2 aromatic rings. The number of hydrogen-bond donors (Lipinski definition) is 0. The summed E-state index contributed by atoms with van der Waals surface area (Å²) < 4.78 is 11.8. The maximum atomic E-state index is 11.9. The number of hydrogen-bond acceptors (Lipinski definition) is 4. The molecule has 1 heterocycles. The predicted octanol–water partition coefficient (Wildman–Crippen LogP) is 4.17. The van der Waals surface area contributed by atoms with Crippen molar-refractivity contribution < 1.29 is 14.3 Å². The fourth-order valence-corrected chi connectivity index (χ4v) is 2.81. The Morgan fingerprint density at radius 2 is 1.95 bits per heavy atom. The lowest BCUT2D eigenvalue weighted by atomic mass is 10.3. The third-order valence-electron chi connectivity index (χ3n) is 2.33. The zero-order chi connectivity index (χ0) is 13.7. The van der Waals surface area contributed by atoms with Gasteiger partial charge in [0, 0.05) is 6.07 Å². The maximum absolute atomic E-state index is 11.9. The molecule has 5 heteroatoms. The molecule has 0 spiro atoms. The largest absolute Gasteiger partial charge is 0.494 e. The Morgan fingerprint density at radius 1 is 1.21 bits per heavy atom. The number of ether oxygens (including phenoxy) is 2. The molecule has 100 valence electrons. The van der Waals surface area contributed by atoms with Crippen molar-refractivity contribution in [3.8, 4) is 11.5 Å². The number of benzene rings is 1. The molecule has 0 fully saturated rings. The predicted molar refractivity (Wildman–Crippen MR) is 79.5 cm³/mol. The SMILES string of the molecule is CCOc1cccc(OCC(=O)c2ccc(Br)s2)c1. The summed E-state index contributed by atoms with van der Waals surface area (Å²) in [4.78, 5) is 12.6. The summed E-state index contributed by atoms with van der Waals surface area (Å²) >= 11 is 4.74. The van der Waals surface area contributed by atoms with Gasteiger partial charge in [-0.1, -0.05) is 6.07 Å². The Kier molecular flexibility index (Phi) is 4.99. The summed E-state index contributed by atoms with van der Waals surface area (Å²) in [6.45, 7) is 2.56. The van der Waals surface area contributed by atoms with E-state index in [0.717, 1.165) is 9.54 Å². The second-order valence-electron chi connectivity index (χ2n) is 3.72. The summed E-state index contributed by atoms with van der Waals surface area (Å²) in [7, 11) is 0. The highest BCUT2D eigenvalue weighted by Gasteiger charge is 2.09. The van der Waals surface area contributed by atoms with Crippen molar-refractivity contribution in [3.63, 3.8) is 0 Å². The third kappa shape index (κ3) is 4.08. The maximum Gasteiger partial charge on any atom is 0.210 e. The van der Waals surface area contributed by atoms with Crippen LogP contribution in [0, 0.1) is 0 Å². The summed E-state index contributed by atoms with van der Waals surface area (Å²) in [6.07, 6.45) is 0. The first-order valence-corrected chi connectivity index (χ1v) is 7.44. The van der Waals surface area contributed by atoms with Crippen molar-refractivity contribution in [3.05, 3.63) is 45.1 Å². The number of thiophene rings is 1. The van der Waals surface area contributed by atoms with E-state index in [1.165, 1.54) is 11.3 Å². The molecule has 1 aromatic carbocycles. The molecule has 0 amide bonds. The van der Waals surface area contributed by atoms with E-state index >= 15 is 0 Å². The zero-order valence-electron chi connectivity index (χ0n) is 10.4. The summed E-state index contributed by atoms with van der Waals surface area (Å²) in [5, 5.41) is 0. The number of Topliss-reactive ketones (excluding diaryl/α,β-unsaturated/α-hetero) is 1. The number of ketones is 1. The Labute approximate surface area is 124 Å². The Balaban J connectivity index is 1.95. The van der Waals surface area contributed by atoms with Gasteiger partial charge in [-0.25, -0.2) is 0 Å². The van der Waals surface area contributed by atoms with Gasteiger partial charge in [0.15, 0.2) is 6.61 Å². The second kappa shape index (κ2) is 6.73. The normalized spacial score (nSPS) is 10.2. The number of carbonyl (C=O) groups excluding carboxylic acids is 1. The molecule has 0 bridgehead atoms. The number of halogens is 1. The van der Waals surface area contributed by atoms with E-state index in [1.807, 2.05) is 25.1 Å². The fraction of sp³-hybridized carbons (Fsp3) is 0.214. The second-order valence-corrected chi connectivity index (χ2v) is 6.19. The van der Waals surface area contributed by atoms with Crippen molar-refractivity contribution in [2.45, 2.75) is 6.92 Å². The molecule has 0 radical (unpaired) electrons. The van der Waals surface area contributed by atoms with Crippen LogP contribution in [0.25, 0.3) is 0 Å². The van der Waals surface area contributed by atoms with Gasteiger partial charge in [0.05, 0.1) is 15.3 Å². The van der Waals surface area contributed by atoms with E-state index in [9.17, 15) is 4.79 Å². The minimum absolute atomic E-state index is 0.0301. The van der Waals surface area contributed by atoms with E-state index in [-0.39, 0.29) is 12.4 Å². The lowest BCUT2D eigenvalue weighted by molar-refractivity contribution is 0.0925. The standard InChI is InChI=1S/C14H13BrO3S/c1-2-17-10-4-3-5-11(8-10)18-9-12(16)13-6-7-14(15)19-13/h3-8H,2,9H2,1H3. The van der Waals surface area contributed by atoms with Gasteiger partial charge in [-0.15, -0.1) is 11.3 Å². The van der Waals surface area contributed by atoms with Gasteiger partial charge in [-0.3, -0.25) is 4.79 Å². The molecular formula is C14H13BrO3S. The van der Waals surface area contributed by atoms with Crippen LogP contribution in [-0.2, 0) is 0 Å². The highest BCUT2D eigenvalue weighted by atomic mass is 79.9. The molecule has 0 aliphatic heterocycles. The van der Waals surface area contributed by atoms with Crippen molar-refractivity contribution in [2.75, 3.05) is 13.2 Å². The molecule has 0 atom stereocenters. The Bertz CT molecular complexity index is 565. The minimum atomic E-state index is -0.0301. The third-order valence-corrected chi connectivity index (χ3v) is 4.00. The van der Waals surface area contributed by atoms with Gasteiger partial charge >= 0.3 is 0 Å². The van der Waals surface area contributed by atoms with Gasteiger partial charge < -0.3 is 9.47 Å². The summed E-state index contributed by atoms with van der Waals surface area (Å²) in [5.74, 6) is 1.35. The average Bonchev–Trinajstić information content (AvgIpc) is 2.84. The van der Waals surface area contributed by atoms with E-state index in [2.05, 4.69) is 15.9 Å². The van der Waals surface area contributed by atoms with Crippen LogP contribution in [-0.4, -0.2) is 19.0 Å². The molecule has 0 aliphatic rings. The fourth-order valence-electron chi connectivity index (χ4n) is 1.50. The van der Waals surface area contributed by atoms with Crippen LogP contribution in [0.3, 0.4) is 0 Å². The van der Waals surface area contributed by atoms with Crippen LogP contribution in [0.4, 0.5) is 0 Å². The van der Waals surface area contributed by atoms with Crippen LogP contribution < -0.4 is 9.47 Å². The first-order valence-electron chi connectivity index (χ1n) is 5.83. The van der Waals surface area contributed by atoms with Crippen LogP contribution in [0.1, 0.15) is 16.6 Å². The molecule has 0 N–H and O–H groups in total. The van der Waals surface area contributed by atoms with Crippen LogP contribution in [0.2, 0.25) is 0 Å². The molecule has 0 saturated heterocycles. The van der Waals surface area contributed by atoms with E-state index < -0.39 is 0 Å². The average molecular weight is 341 g/mol. The van der Waals surface area contributed by atoms with Gasteiger partial charge in [0.25, 0.3) is 0 Å². The quantitative estimate of drug-likeness (QED) is 0.740. The minimum Gasteiger partial charge on any atom is -0.494 e. The van der Waals surface area contributed by atoms with Crippen molar-refractivity contribution >= 4 is 33.0 Å². The molecule has 3 nitrogen and oxygen atoms in total. The number of rotatable bonds is 6. The van der Waals surface area contributed by atoms with Crippen molar-refractivity contribution in [1.29, 1.82) is 0 Å². The summed E-state index contributed by atoms with van der Waals surface area (Å²) in [5.41, 5.74) is 0. The Morgan fingerprint density at radius 3 is 2.58 bits per heavy atom. The molecular weight excluding hydrogens is 328 g/mol. The highest BCUT2D eigenvalue weighted by Crippen LogP contribution is 2.23. The smallest absolute Gasteiger partial charge is 0.210 e. The van der Waals surface area contributed by atoms with Crippen molar-refractivity contribution in [2.24, 2.45) is 0 Å². The van der Waals surface area contributed by atoms with Gasteiger partial charge in [0.2, 0.25) is 5.78 Å². The van der Waals surface area contributed by atoms with E-state index in [1.54, 1.807) is 18.2 Å². The number of carbonyl (C=O) groups is 1. The monoisotopic (exact) mass is 340 g/mol. The molecule has 1 aromatic heterocycles. The first-order chi connectivity index (χ1) is 9.19. The van der Waals surface area contributed by atoms with Gasteiger partial charge in [-0.05, 0) is 47.1 Å². The van der Waals surface area contributed by atoms with Crippen LogP contribution in [0.5, 0.6) is 11.5 Å². The van der Waals surface area contributed by atoms with Gasteiger partial charge in [0.1, 0.15) is 11.5 Å². The van der Waals surface area contributed by atoms with E-state index in [4.69, 9.17) is 9.47 Å². The molecule has 0 saturated carbocycles. The van der Waals surface area contributed by atoms with Gasteiger partial charge in [-0.2, -0.15) is 0 Å². The Hall–Kier alpha value is -1.33. The zero-order valence-corrected chi connectivity index (χ0v) is 12.8. The van der Waals surface area contributed by atoms with Crippen molar-refractivity contribution in [1.82, 2.24) is 0 Å². The lowest BCUT2D eigenvalue weighted by Crippen LogP contribution is -2.10. The highest BCUT2D eigenvalue weighted by molar-refractivity contribution is 9.11. The molecule has 19 heavy (non-hydrogen) atoms. The molecule has 0 aliphatic carbocycles.